The van der Waals surface area contributed by atoms with Gasteiger partial charge in [0.25, 0.3) is 0 Å². The number of piperidine rings is 1. The fraction of sp³-hybridized carbons (Fsp3) is 0.263. The zero-order chi connectivity index (χ0) is 26.0. The molecule has 18 radical (unpaired) electrons. The van der Waals surface area contributed by atoms with Crippen molar-refractivity contribution in [3.05, 3.63) is 59.6 Å². The van der Waals surface area contributed by atoms with Gasteiger partial charge in [-0.25, -0.2) is 4.98 Å². The van der Waals surface area contributed by atoms with E-state index < -0.39 is 32.2 Å². The van der Waals surface area contributed by atoms with E-state index in [2.05, 4.69) is 20.2 Å². The van der Waals surface area contributed by atoms with Gasteiger partial charge in [-0.2, -0.15) is 5.10 Å². The monoisotopic (exact) mass is 457 g/mol. The summed E-state index contributed by atoms with van der Waals surface area (Å²) in [5, 5.41) is -5.28. The molecule has 4 rings (SSSR count). The van der Waals surface area contributed by atoms with E-state index in [-0.39, 0.29) is 16.5 Å². The number of hydrogen-bond donors (Lipinski definition) is 1. The van der Waals surface area contributed by atoms with E-state index in [0.717, 1.165) is 4.90 Å². The number of aromatic amines is 1. The topological polar surface area (TPSA) is 74.8 Å². The number of halogens is 1. The molecule has 1 amide bonds. The van der Waals surface area contributed by atoms with Crippen molar-refractivity contribution < 1.29 is 4.79 Å². The van der Waals surface area contributed by atoms with Crippen molar-refractivity contribution in [2.45, 2.75) is 26.3 Å². The zero-order valence-electron chi connectivity index (χ0n) is 18.4. The number of nitrogens with one attached hydrogen (secondary N) is 1. The summed E-state index contributed by atoms with van der Waals surface area (Å²) in [6.45, 7) is 0. The Morgan fingerprint density at radius 2 is 1.57 bits per heavy atom. The van der Waals surface area contributed by atoms with Crippen molar-refractivity contribution in [1.82, 2.24) is 20.2 Å². The Balaban J connectivity index is 1.92. The lowest BCUT2D eigenvalue weighted by Gasteiger charge is -2.73. The lowest BCUT2D eigenvalue weighted by Crippen LogP contribution is -2.76. The number of anilines is 1. The maximum atomic E-state index is 14.1. The van der Waals surface area contributed by atoms with Gasteiger partial charge in [-0.3, -0.25) is 14.9 Å². The highest BCUT2D eigenvalue weighted by Gasteiger charge is 2.68. The highest BCUT2D eigenvalue weighted by Crippen LogP contribution is 2.71. The molecule has 0 saturated carbocycles. The molecule has 1 N–H and O–H groups in total. The minimum absolute atomic E-state index is 0.0508. The number of H-pyrrole nitrogens is 1. The standard InChI is InChI=1S/C19H9B9ClN5O/c20-15(16(21,22)10-1-2-12(29)31-8-10)14(35)34(19(27,28)18(25,26)17(15,23)24)13-7-11(32-33-13)9-3-5-30-6-4-9/h1-8H,(H,32,33)/t15-/m0/s1. The smallest absolute Gasteiger partial charge is 0.223 e. The van der Waals surface area contributed by atoms with Gasteiger partial charge in [-0.1, -0.05) is 22.9 Å². The van der Waals surface area contributed by atoms with Gasteiger partial charge in [-0.15, -0.1) is 10.4 Å². The summed E-state index contributed by atoms with van der Waals surface area (Å²) in [5.41, 5.74) is 1.23. The van der Waals surface area contributed by atoms with Crippen LogP contribution < -0.4 is 4.90 Å². The summed E-state index contributed by atoms with van der Waals surface area (Å²) in [7, 11) is 57.4. The molecule has 16 heteroatoms. The van der Waals surface area contributed by atoms with Crippen LogP contribution in [-0.2, 0) is 10.0 Å². The third-order valence-corrected chi connectivity index (χ3v) is 6.78. The van der Waals surface area contributed by atoms with Crippen LogP contribution in [0.15, 0.2) is 48.9 Å². The van der Waals surface area contributed by atoms with E-state index in [1.165, 1.54) is 24.4 Å². The first-order valence-corrected chi connectivity index (χ1v) is 10.5. The molecule has 3 aromatic heterocycles. The number of aromatic nitrogens is 4. The Morgan fingerprint density at radius 3 is 2.14 bits per heavy atom. The average Bonchev–Trinajstić information content (AvgIpc) is 3.27. The number of carbonyl (C=O) groups excluding carboxylic acids is 1. The van der Waals surface area contributed by atoms with E-state index in [1.54, 1.807) is 24.5 Å². The van der Waals surface area contributed by atoms with Crippen LogP contribution in [0, 0.1) is 0 Å². The second-order valence-electron chi connectivity index (χ2n) is 8.63. The molecule has 0 aliphatic carbocycles. The van der Waals surface area contributed by atoms with Gasteiger partial charge < -0.3 is 4.90 Å². The van der Waals surface area contributed by atoms with Crippen molar-refractivity contribution >= 4 is 93.9 Å². The molecule has 6 nitrogen and oxygen atoms in total. The molecule has 0 aromatic carbocycles. The Labute approximate surface area is 220 Å². The van der Waals surface area contributed by atoms with Crippen LogP contribution in [-0.4, -0.2) is 102 Å². The minimum Gasteiger partial charge on any atom is -0.308 e. The van der Waals surface area contributed by atoms with Crippen LogP contribution in [0.5, 0.6) is 0 Å². The zero-order valence-corrected chi connectivity index (χ0v) is 19.1. The Kier molecular flexibility index (Phi) is 6.07. The second-order valence-corrected chi connectivity index (χ2v) is 9.01. The molecule has 1 aliphatic heterocycles. The molecule has 35 heavy (non-hydrogen) atoms. The lowest BCUT2D eigenvalue weighted by molar-refractivity contribution is -0.124. The summed E-state index contributed by atoms with van der Waals surface area (Å²) >= 11 is 5.87. The average molecular weight is 456 g/mol. The largest absolute Gasteiger partial charge is 0.308 e. The summed E-state index contributed by atoms with van der Waals surface area (Å²) in [5.74, 6) is -1.19. The predicted octanol–water partition coefficient (Wildman–Crippen LogP) is -0.719. The maximum absolute atomic E-state index is 14.1. The molecular formula is C19H9B9ClN5O. The first-order valence-electron chi connectivity index (χ1n) is 10.1. The van der Waals surface area contributed by atoms with Gasteiger partial charge in [-0.05, 0) is 34.4 Å². The Morgan fingerprint density at radius 1 is 0.943 bits per heavy atom. The number of hydrogen-bond acceptors (Lipinski definition) is 4. The van der Waals surface area contributed by atoms with E-state index in [1.807, 2.05) is 0 Å². The van der Waals surface area contributed by atoms with Crippen molar-refractivity contribution in [3.63, 3.8) is 0 Å². The van der Waals surface area contributed by atoms with E-state index in [9.17, 15) is 4.79 Å². The van der Waals surface area contributed by atoms with Crippen LogP contribution in [0.25, 0.3) is 11.3 Å². The van der Waals surface area contributed by atoms with E-state index in [4.69, 9.17) is 82.2 Å². The first kappa shape index (κ1) is 25.9. The number of amides is 1. The summed E-state index contributed by atoms with van der Waals surface area (Å²) in [4.78, 5) is 22.8. The van der Waals surface area contributed by atoms with Gasteiger partial charge in [0, 0.05) is 30.2 Å². The molecule has 1 aliphatic rings. The van der Waals surface area contributed by atoms with Crippen LogP contribution in [0.1, 0.15) is 5.56 Å². The van der Waals surface area contributed by atoms with Gasteiger partial charge >= 0.3 is 0 Å². The summed E-state index contributed by atoms with van der Waals surface area (Å²) in [6.07, 6.45) is 4.35. The van der Waals surface area contributed by atoms with Crippen molar-refractivity contribution in [2.24, 2.45) is 0 Å². The van der Waals surface area contributed by atoms with Gasteiger partial charge in [0.05, 0.1) is 76.3 Å². The first-order chi connectivity index (χ1) is 16.1. The maximum Gasteiger partial charge on any atom is 0.223 e. The normalized spacial score (nSPS) is 23.1. The van der Waals surface area contributed by atoms with Gasteiger partial charge in [0.1, 0.15) is 5.15 Å². The second kappa shape index (κ2) is 8.19. The van der Waals surface area contributed by atoms with Crippen molar-refractivity contribution in [3.8, 4) is 11.3 Å². The highest BCUT2D eigenvalue weighted by atomic mass is 35.5. The van der Waals surface area contributed by atoms with Crippen LogP contribution >= 0.6 is 11.6 Å². The third kappa shape index (κ3) is 3.44. The summed E-state index contributed by atoms with van der Waals surface area (Å²) in [6, 6.07) is 7.67. The van der Waals surface area contributed by atoms with Crippen molar-refractivity contribution in [2.75, 3.05) is 4.90 Å². The van der Waals surface area contributed by atoms with E-state index in [0.29, 0.717) is 11.3 Å². The Hall–Kier alpha value is -2.15. The van der Waals surface area contributed by atoms with Gasteiger partial charge in [0.15, 0.2) is 5.82 Å². The molecular weight excluding hydrogens is 447 g/mol. The number of rotatable bonds is 4. The van der Waals surface area contributed by atoms with Crippen LogP contribution in [0.4, 0.5) is 5.82 Å². The molecule has 0 unspecified atom stereocenters. The van der Waals surface area contributed by atoms with Crippen LogP contribution in [0.2, 0.25) is 20.9 Å². The van der Waals surface area contributed by atoms with Gasteiger partial charge in [0.2, 0.25) is 5.91 Å². The Bertz CT molecular complexity index is 1270. The molecule has 3 aromatic rings. The third-order valence-electron chi connectivity index (χ3n) is 6.55. The number of pyridine rings is 2. The molecule has 1 saturated heterocycles. The molecule has 1 fully saturated rings. The quantitative estimate of drug-likeness (QED) is 0.416. The SMILES string of the molecule is [B]C1([B])N(c2cc(-c3ccncc3)[nH]n2)C(=O)[C@]([B])(C([B])([B])c2ccc(Cl)nc2)C([B])([B])C1([B])[B]. The molecule has 1 atom stereocenters. The molecule has 0 bridgehead atoms. The predicted molar refractivity (Wildman–Crippen MR) is 143 cm³/mol. The lowest BCUT2D eigenvalue weighted by atomic mass is 9.08. The molecule has 4 heterocycles. The fourth-order valence-corrected chi connectivity index (χ4v) is 4.24. The number of carbonyl (C=O) groups is 1. The fourth-order valence-electron chi connectivity index (χ4n) is 4.13. The van der Waals surface area contributed by atoms with E-state index >= 15 is 0 Å². The molecule has 0 spiro atoms. The minimum atomic E-state index is -2.60. The highest BCUT2D eigenvalue weighted by molar-refractivity contribution is 6.69. The van der Waals surface area contributed by atoms with Crippen LogP contribution in [0.3, 0.4) is 0 Å². The molecule has 150 valence electrons. The number of nitrogens with zero attached hydrogens (tertiary/aromatic N) is 4. The van der Waals surface area contributed by atoms with Crippen molar-refractivity contribution in [1.29, 1.82) is 0 Å². The summed E-state index contributed by atoms with van der Waals surface area (Å²) < 4.78 is 0.